The smallest absolute Gasteiger partial charge is 0.417 e. The summed E-state index contributed by atoms with van der Waals surface area (Å²) >= 11 is 0.368. The number of hydrogen-bond acceptors (Lipinski definition) is 5. The minimum Gasteiger partial charge on any atom is -0.481 e. The number of ether oxygens (including phenoxy) is 1. The Morgan fingerprint density at radius 1 is 1.60 bits per heavy atom. The number of carbonyl (C=O) groups excluding carboxylic acids is 1. The molecule has 1 unspecified atom stereocenters. The van der Waals surface area contributed by atoms with Crippen LogP contribution in [-0.2, 0) is 14.3 Å². The highest BCUT2D eigenvalue weighted by Crippen LogP contribution is 2.36. The van der Waals surface area contributed by atoms with Crippen LogP contribution in [0, 0.1) is 11.3 Å². The topological polar surface area (TPSA) is 99.8 Å². The lowest BCUT2D eigenvalue weighted by Gasteiger charge is -2.24. The predicted octanol–water partition coefficient (Wildman–Crippen LogP) is 1.14. The molecule has 1 aliphatic rings. The number of methoxy groups -OCH3 is 1. The van der Waals surface area contributed by atoms with E-state index >= 15 is 0 Å². The minimum absolute atomic E-state index is 0.368. The molecular weight excluding hydrogens is 301 g/mol. The number of carboxylic acid groups (broad SMARTS) is 1. The van der Waals surface area contributed by atoms with Crippen LogP contribution in [0.25, 0.3) is 0 Å². The van der Waals surface area contributed by atoms with Crippen molar-refractivity contribution in [2.75, 3.05) is 12.9 Å². The molecule has 0 fully saturated rings. The van der Waals surface area contributed by atoms with Crippen LogP contribution in [0.5, 0.6) is 0 Å². The van der Waals surface area contributed by atoms with Gasteiger partial charge in [0.2, 0.25) is 0 Å². The molecule has 0 aromatic rings. The number of nitrogens with zero attached hydrogens (tertiary/aromatic N) is 2. The van der Waals surface area contributed by atoms with E-state index in [4.69, 9.17) is 10.4 Å². The fourth-order valence-corrected chi connectivity index (χ4v) is 2.15. The van der Waals surface area contributed by atoms with Crippen molar-refractivity contribution < 1.29 is 32.6 Å². The number of aliphatic imine (C=N–C) groups is 1. The van der Waals surface area contributed by atoms with Crippen molar-refractivity contribution in [2.45, 2.75) is 12.3 Å². The lowest BCUT2D eigenvalue weighted by molar-refractivity contribution is -0.136. The van der Waals surface area contributed by atoms with Gasteiger partial charge in [0.25, 0.3) is 5.91 Å². The van der Waals surface area contributed by atoms with Crippen LogP contribution in [0.2, 0.25) is 0 Å². The zero-order valence-electron chi connectivity index (χ0n) is 9.89. The quantitative estimate of drug-likeness (QED) is 0.839. The average Bonchev–Trinajstić information content (AvgIpc) is 2.34. The van der Waals surface area contributed by atoms with Crippen LogP contribution in [-0.4, -0.2) is 47.2 Å². The second kappa shape index (κ2) is 6.06. The van der Waals surface area contributed by atoms with Crippen LogP contribution in [0.4, 0.5) is 13.2 Å². The Hall–Kier alpha value is -1.86. The van der Waals surface area contributed by atoms with E-state index in [0.717, 1.165) is 7.11 Å². The zero-order chi connectivity index (χ0) is 15.5. The number of carboxylic acids is 1. The number of amides is 1. The van der Waals surface area contributed by atoms with Crippen LogP contribution >= 0.6 is 11.8 Å². The van der Waals surface area contributed by atoms with Gasteiger partial charge in [0.1, 0.15) is 11.1 Å². The molecule has 0 aromatic heterocycles. The molecule has 0 saturated heterocycles. The fourth-order valence-electron chi connectivity index (χ4n) is 1.44. The van der Waals surface area contributed by atoms with Gasteiger partial charge >= 0.3 is 12.1 Å². The molecule has 0 saturated carbocycles. The number of halogens is 3. The van der Waals surface area contributed by atoms with Crippen molar-refractivity contribution in [2.24, 2.45) is 4.99 Å². The van der Waals surface area contributed by atoms with E-state index in [0.29, 0.717) is 11.8 Å². The summed E-state index contributed by atoms with van der Waals surface area (Å²) in [7, 11) is 0.883. The van der Waals surface area contributed by atoms with Crippen molar-refractivity contribution in [1.82, 2.24) is 0 Å². The third-order valence-electron chi connectivity index (χ3n) is 2.17. The zero-order valence-corrected chi connectivity index (χ0v) is 10.7. The summed E-state index contributed by atoms with van der Waals surface area (Å²) in [4.78, 5) is 25.2. The van der Waals surface area contributed by atoms with Gasteiger partial charge in [0.15, 0.2) is 6.10 Å². The molecule has 1 heterocycles. The molecule has 108 valence electrons. The molecule has 10 heteroatoms. The molecular formula is C10H7F3N2O4S. The third-order valence-corrected chi connectivity index (χ3v) is 3.13. The Labute approximate surface area is 114 Å². The van der Waals surface area contributed by atoms with E-state index < -0.39 is 46.1 Å². The summed E-state index contributed by atoms with van der Waals surface area (Å²) in [5.41, 5.74) is -2.36. The summed E-state index contributed by atoms with van der Waals surface area (Å²) in [5, 5.41) is 16.8. The Morgan fingerprint density at radius 3 is 2.60 bits per heavy atom. The van der Waals surface area contributed by atoms with Crippen molar-refractivity contribution in [1.29, 1.82) is 5.26 Å². The number of aliphatic carboxylic acids is 1. The van der Waals surface area contributed by atoms with Gasteiger partial charge in [-0.2, -0.15) is 18.4 Å². The number of carbonyl (C=O) groups is 2. The number of dihydropyridines is 1. The first kappa shape index (κ1) is 16.2. The molecule has 0 aliphatic carbocycles. The maximum Gasteiger partial charge on any atom is 0.417 e. The van der Waals surface area contributed by atoms with Gasteiger partial charge in [-0.1, -0.05) is 11.8 Å². The normalized spacial score (nSPS) is 19.6. The lowest BCUT2D eigenvalue weighted by atomic mass is 10.00. The number of rotatable bonds is 3. The first-order valence-corrected chi connectivity index (χ1v) is 5.92. The highest BCUT2D eigenvalue weighted by Gasteiger charge is 2.48. The summed E-state index contributed by atoms with van der Waals surface area (Å²) in [6.07, 6.45) is -6.98. The number of alkyl halides is 3. The summed E-state index contributed by atoms with van der Waals surface area (Å²) in [5.74, 6) is -3.17. The largest absolute Gasteiger partial charge is 0.481 e. The van der Waals surface area contributed by atoms with Gasteiger partial charge in [-0.25, -0.2) is 4.99 Å². The Kier molecular flexibility index (Phi) is 4.91. The minimum atomic E-state index is -4.97. The molecule has 1 amide bonds. The van der Waals surface area contributed by atoms with Crippen LogP contribution in [0.1, 0.15) is 0 Å². The van der Waals surface area contributed by atoms with E-state index in [1.165, 1.54) is 6.07 Å². The van der Waals surface area contributed by atoms with Crippen molar-refractivity contribution >= 4 is 28.7 Å². The van der Waals surface area contributed by atoms with Crippen LogP contribution in [0.15, 0.2) is 16.1 Å². The van der Waals surface area contributed by atoms with E-state index in [-0.39, 0.29) is 0 Å². The van der Waals surface area contributed by atoms with Gasteiger partial charge in [-0.05, 0) is 0 Å². The third kappa shape index (κ3) is 3.37. The van der Waals surface area contributed by atoms with Gasteiger partial charge < -0.3 is 9.84 Å². The average molecular weight is 308 g/mol. The van der Waals surface area contributed by atoms with Crippen molar-refractivity contribution in [3.8, 4) is 6.07 Å². The van der Waals surface area contributed by atoms with Crippen molar-refractivity contribution in [3.63, 3.8) is 0 Å². The number of thioether (sulfide) groups is 1. The maximum atomic E-state index is 12.9. The highest BCUT2D eigenvalue weighted by molar-refractivity contribution is 8.15. The van der Waals surface area contributed by atoms with Crippen LogP contribution < -0.4 is 0 Å². The van der Waals surface area contributed by atoms with Crippen molar-refractivity contribution in [3.05, 3.63) is 11.1 Å². The first-order valence-electron chi connectivity index (χ1n) is 4.94. The second-order valence-electron chi connectivity index (χ2n) is 3.45. The van der Waals surface area contributed by atoms with E-state index in [2.05, 4.69) is 9.73 Å². The van der Waals surface area contributed by atoms with E-state index in [1.807, 2.05) is 0 Å². The molecule has 20 heavy (non-hydrogen) atoms. The molecule has 0 spiro atoms. The standard InChI is InChI=1S/C10H7F3N2O4S/c1-19-7-6(10(11,12)13)4(2-14)9(15-8(7)18)20-3-5(16)17/h7H,3H2,1H3,(H,16,17). The molecule has 1 atom stereocenters. The summed E-state index contributed by atoms with van der Waals surface area (Å²) in [6.45, 7) is 0. The molecule has 6 nitrogen and oxygen atoms in total. The molecule has 0 radical (unpaired) electrons. The summed E-state index contributed by atoms with van der Waals surface area (Å²) in [6, 6.07) is 1.30. The molecule has 1 rings (SSSR count). The fraction of sp³-hybridized carbons (Fsp3) is 0.400. The van der Waals surface area contributed by atoms with E-state index in [1.54, 1.807) is 0 Å². The maximum absolute atomic E-state index is 12.9. The van der Waals surface area contributed by atoms with Crippen LogP contribution in [0.3, 0.4) is 0 Å². The van der Waals surface area contributed by atoms with Gasteiger partial charge in [-0.15, -0.1) is 0 Å². The monoisotopic (exact) mass is 308 g/mol. The van der Waals surface area contributed by atoms with Gasteiger partial charge in [0.05, 0.1) is 16.9 Å². The predicted molar refractivity (Wildman–Crippen MR) is 62.0 cm³/mol. The first-order chi connectivity index (χ1) is 9.22. The Balaban J connectivity index is 3.33. The second-order valence-corrected chi connectivity index (χ2v) is 4.42. The Morgan fingerprint density at radius 2 is 2.20 bits per heavy atom. The van der Waals surface area contributed by atoms with Gasteiger partial charge in [-0.3, -0.25) is 9.59 Å². The molecule has 0 aromatic carbocycles. The summed E-state index contributed by atoms with van der Waals surface area (Å²) < 4.78 is 43.3. The number of hydrogen-bond donors (Lipinski definition) is 1. The van der Waals surface area contributed by atoms with Gasteiger partial charge in [0, 0.05) is 7.11 Å². The van der Waals surface area contributed by atoms with E-state index in [9.17, 15) is 22.8 Å². The molecule has 1 N–H and O–H groups in total. The Bertz CT molecular complexity index is 548. The SMILES string of the molecule is COC1C(=O)N=C(SCC(=O)O)C(C#N)=C1C(F)(F)F. The highest BCUT2D eigenvalue weighted by atomic mass is 32.2. The molecule has 0 bridgehead atoms. The number of nitriles is 1. The lowest BCUT2D eigenvalue weighted by Crippen LogP contribution is -2.37. The molecule has 1 aliphatic heterocycles.